The zero-order valence-electron chi connectivity index (χ0n) is 68.9. The van der Waals surface area contributed by atoms with Crippen LogP contribution in [-0.4, -0.2) is 180 Å². The molecule has 5 saturated heterocycles. The summed E-state index contributed by atoms with van der Waals surface area (Å²) < 4.78 is 27.9. The van der Waals surface area contributed by atoms with E-state index < -0.39 is 5.60 Å². The zero-order chi connectivity index (χ0) is 82.0. The van der Waals surface area contributed by atoms with E-state index in [2.05, 4.69) is 58.1 Å². The molecule has 5 amide bonds. The highest BCUT2D eigenvalue weighted by Crippen LogP contribution is 2.36. The predicted molar refractivity (Wildman–Crippen MR) is 457 cm³/mol. The minimum Gasteiger partial charge on any atom is -0.460 e. The van der Waals surface area contributed by atoms with E-state index in [1.165, 1.54) is 59.3 Å². The van der Waals surface area contributed by atoms with E-state index in [-0.39, 0.29) is 47.2 Å². The third-order valence-electron chi connectivity index (χ3n) is 21.5. The van der Waals surface area contributed by atoms with Crippen LogP contribution in [0, 0.1) is 52.4 Å². The maximum atomic E-state index is 13.2. The van der Waals surface area contributed by atoms with E-state index in [0.29, 0.717) is 62.2 Å². The number of piperidine rings is 5. The van der Waals surface area contributed by atoms with Crippen molar-refractivity contribution >= 4 is 92.2 Å². The van der Waals surface area contributed by atoms with E-state index in [9.17, 15) is 33.2 Å². The number of allylic oxidation sites excluding steroid dienone is 1. The van der Waals surface area contributed by atoms with Gasteiger partial charge in [0, 0.05) is 136 Å². The zero-order valence-corrected chi connectivity index (χ0v) is 73.0. The molecule has 0 radical (unpaired) electrons. The van der Waals surface area contributed by atoms with Gasteiger partial charge in [0.25, 0.3) is 29.5 Å². The van der Waals surface area contributed by atoms with Crippen LogP contribution in [0.2, 0.25) is 0 Å². The lowest BCUT2D eigenvalue weighted by atomic mass is 9.93. The first-order chi connectivity index (χ1) is 54.2. The number of rotatable bonds is 12. The first kappa shape index (κ1) is 85.7. The number of thiophene rings is 5. The molecule has 5 aliphatic heterocycles. The Labute approximate surface area is 689 Å². The van der Waals surface area contributed by atoms with Gasteiger partial charge in [-0.1, -0.05) is 26.0 Å². The van der Waals surface area contributed by atoms with Gasteiger partial charge in [-0.25, -0.2) is 4.39 Å². The van der Waals surface area contributed by atoms with Crippen LogP contribution < -0.4 is 0 Å². The van der Waals surface area contributed by atoms with Gasteiger partial charge in [-0.3, -0.25) is 52.2 Å². The first-order valence-electron chi connectivity index (χ1n) is 39.4. The fraction of sp³-hybridized carbons (Fsp3) is 0.477. The molecule has 0 aliphatic carbocycles. The number of hydrogen-bond donors (Lipinski definition) is 0. The monoisotopic (exact) mass is 1640 g/mol. The Morgan fingerprint density at radius 3 is 0.947 bits per heavy atom. The second-order valence-electron chi connectivity index (χ2n) is 31.8. The van der Waals surface area contributed by atoms with Crippen LogP contribution in [0.4, 0.5) is 4.39 Å². The fourth-order valence-electron chi connectivity index (χ4n) is 14.2. The van der Waals surface area contributed by atoms with Crippen molar-refractivity contribution in [2.75, 3.05) is 65.4 Å². The number of carbonyl (C=O) groups is 6. The molecule has 22 nitrogen and oxygen atoms in total. The van der Waals surface area contributed by atoms with Gasteiger partial charge < -0.3 is 29.2 Å². The molecule has 114 heavy (non-hydrogen) atoms. The predicted octanol–water partition coefficient (Wildman–Crippen LogP) is 17.9. The Hall–Kier alpha value is -9.22. The molecular weight excluding hydrogens is 1530 g/mol. The number of carbonyl (C=O) groups excluding carboxylic acids is 6. The van der Waals surface area contributed by atoms with Crippen LogP contribution in [0.15, 0.2) is 115 Å². The van der Waals surface area contributed by atoms with Crippen molar-refractivity contribution in [3.05, 3.63) is 167 Å². The summed E-state index contributed by atoms with van der Waals surface area (Å²) in [7, 11) is 9.63. The summed E-state index contributed by atoms with van der Waals surface area (Å²) in [6.07, 6.45) is 9.89. The normalized spacial score (nSPS) is 16.8. The molecule has 0 bridgehead atoms. The third-order valence-corrected chi connectivity index (χ3v) is 27.0. The van der Waals surface area contributed by atoms with E-state index >= 15 is 0 Å². The fourth-order valence-corrected chi connectivity index (χ4v) is 18.8. The molecule has 10 aromatic heterocycles. The molecule has 608 valence electrons. The molecular formula is C86H110FN15O7S5. The van der Waals surface area contributed by atoms with Gasteiger partial charge in [0.15, 0.2) is 0 Å². The Balaban J connectivity index is 0.000000141. The third kappa shape index (κ3) is 22.2. The number of amides is 5. The van der Waals surface area contributed by atoms with Crippen molar-refractivity contribution in [3.8, 4) is 52.9 Å². The highest BCUT2D eigenvalue weighted by molar-refractivity contribution is 7.18. The number of esters is 1. The Morgan fingerprint density at radius 1 is 0.421 bits per heavy atom. The topological polar surface area (TPSA) is 217 Å². The summed E-state index contributed by atoms with van der Waals surface area (Å²) in [5.41, 5.74) is 11.8. The maximum Gasteiger partial charge on any atom is 0.306 e. The van der Waals surface area contributed by atoms with Crippen molar-refractivity contribution in [1.82, 2.24) is 73.4 Å². The van der Waals surface area contributed by atoms with Crippen molar-refractivity contribution in [1.29, 1.82) is 0 Å². The van der Waals surface area contributed by atoms with Crippen LogP contribution in [0.25, 0.3) is 52.9 Å². The summed E-state index contributed by atoms with van der Waals surface area (Å²) in [5.74, 6) is 1.84. The van der Waals surface area contributed by atoms with E-state index in [0.717, 1.165) is 184 Å². The quantitative estimate of drug-likeness (QED) is 0.0824. The number of hydrogen-bond acceptors (Lipinski definition) is 17. The van der Waals surface area contributed by atoms with Gasteiger partial charge in [-0.05, 0) is 241 Å². The number of nitrogens with zero attached hydrogens (tertiary/aromatic N) is 15. The van der Waals surface area contributed by atoms with Crippen LogP contribution in [0.3, 0.4) is 0 Å². The smallest absolute Gasteiger partial charge is 0.306 e. The number of halogens is 1. The van der Waals surface area contributed by atoms with Gasteiger partial charge in [-0.15, -0.1) is 56.7 Å². The molecule has 0 saturated carbocycles. The summed E-state index contributed by atoms with van der Waals surface area (Å²) in [5, 5.41) is 22.4. The highest BCUT2D eigenvalue weighted by Gasteiger charge is 2.31. The SMILES string of the molecule is C=C1CCN(C(=O)c2ccc(-c3cc(C)n(C)n3)s2)CC1.CC(F)=C1CCN(C(=O)c2ccc(-c3cc(C)n(C)n3)s2)CC1.Cc1cc(-c2ccc(C(=O)N3CCC(CC(=O)OC(C)(C)C)CC3)s2)nn1C.Cc1cc(-c2ccc(C(=O)N3CCC[C@@H](C)C3)s2)nn1C.Cc1cc(-c2ccc(C(=O)N3CCC[C@H](C)C3)s2)nn1C. The average Bonchev–Trinajstić information content (AvgIpc) is 1.69. The Morgan fingerprint density at radius 2 is 0.693 bits per heavy atom. The lowest BCUT2D eigenvalue weighted by molar-refractivity contribution is -0.156. The Bertz CT molecular complexity index is 4850. The van der Waals surface area contributed by atoms with Crippen molar-refractivity contribution in [2.45, 2.75) is 152 Å². The number of aryl methyl sites for hydroxylation is 10. The summed E-state index contributed by atoms with van der Waals surface area (Å²) in [4.78, 5) is 93.8. The summed E-state index contributed by atoms with van der Waals surface area (Å²) >= 11 is 7.56. The molecule has 5 aliphatic rings. The summed E-state index contributed by atoms with van der Waals surface area (Å²) in [6.45, 7) is 33.3. The van der Waals surface area contributed by atoms with Crippen molar-refractivity contribution in [2.24, 2.45) is 53.0 Å². The van der Waals surface area contributed by atoms with Crippen LogP contribution in [0.5, 0.6) is 0 Å². The lowest BCUT2D eigenvalue weighted by Crippen LogP contribution is -2.39. The standard InChI is InChI=1S/C21H29N3O3S.C17H20FN3OS.C16H19N3OS.2C16H21N3OS/c1-14-12-16(22-23(14)5)17-6-7-18(28-17)20(26)24-10-8-15(9-11-24)13-19(25)27-21(2,3)4;1-11-10-14(19-20(11)3)15-4-5-16(23-15)17(22)21-8-6-13(7-9-21)12(2)18;1-11-6-8-19(9-7-11)16(20)15-5-4-14(21-15)13-10-12(2)18(3)17-13;2*1-11-5-4-8-19(10-11)16(20)15-7-6-14(21-15)13-9-12(2)18(3)17-13/h6-7,12,15H,8-11,13H2,1-5H3;4-5,10H,6-9H2,1-3H3;4-5,10H,1,6-9H2,2-3H3;2*6-7,9,11H,4-5,8,10H2,1-3H3/t;;;2*11-/m...10/s1. The molecule has 10 aromatic rings. The van der Waals surface area contributed by atoms with Gasteiger partial charge in [0.2, 0.25) is 0 Å². The minimum absolute atomic E-state index is 0.0319. The van der Waals surface area contributed by atoms with Crippen LogP contribution in [-0.2, 0) is 44.8 Å². The molecule has 0 aromatic carbocycles. The molecule has 28 heteroatoms. The number of aromatic nitrogens is 10. The van der Waals surface area contributed by atoms with Gasteiger partial charge >= 0.3 is 5.97 Å². The molecule has 5 fully saturated rings. The molecule has 15 heterocycles. The molecule has 0 N–H and O–H groups in total. The van der Waals surface area contributed by atoms with Crippen LogP contribution in [0.1, 0.15) is 189 Å². The van der Waals surface area contributed by atoms with E-state index in [4.69, 9.17) is 4.74 Å². The lowest BCUT2D eigenvalue weighted by Gasteiger charge is -2.32. The molecule has 2 atom stereocenters. The molecule has 0 spiro atoms. The van der Waals surface area contributed by atoms with Gasteiger partial charge in [0.1, 0.15) is 34.1 Å². The Kier molecular flexibility index (Phi) is 28.6. The highest BCUT2D eigenvalue weighted by atomic mass is 32.1. The van der Waals surface area contributed by atoms with Gasteiger partial charge in [0.05, 0.1) is 54.6 Å². The van der Waals surface area contributed by atoms with Crippen molar-refractivity contribution in [3.63, 3.8) is 0 Å². The second-order valence-corrected chi connectivity index (χ2v) is 37.2. The average molecular weight is 1650 g/mol. The minimum atomic E-state index is -0.448. The van der Waals surface area contributed by atoms with E-state index in [1.807, 2.05) is 217 Å². The largest absolute Gasteiger partial charge is 0.460 e. The molecule has 0 unspecified atom stereocenters. The maximum absolute atomic E-state index is 13.2. The first-order valence-corrected chi connectivity index (χ1v) is 43.5. The number of likely N-dealkylation sites (tertiary alicyclic amines) is 5. The van der Waals surface area contributed by atoms with E-state index in [1.54, 1.807) is 22.7 Å². The van der Waals surface area contributed by atoms with Crippen molar-refractivity contribution < 1.29 is 37.9 Å². The molecule has 15 rings (SSSR count). The van der Waals surface area contributed by atoms with Gasteiger partial charge in [-0.2, -0.15) is 25.5 Å². The summed E-state index contributed by atoms with van der Waals surface area (Å²) in [6, 6.07) is 29.7. The van der Waals surface area contributed by atoms with Crippen LogP contribution >= 0.6 is 56.7 Å². The second kappa shape index (κ2) is 38.0. The number of ether oxygens (including phenoxy) is 1.